The zero-order valence-electron chi connectivity index (χ0n) is 13.1. The van der Waals surface area contributed by atoms with Gasteiger partial charge >= 0.3 is 12.1 Å². The number of allylic oxidation sites excluding steroid dienone is 2. The van der Waals surface area contributed by atoms with Gasteiger partial charge in [0.2, 0.25) is 0 Å². The Hall–Kier alpha value is -2.34. The minimum absolute atomic E-state index is 0.1000. The number of nitrogens with zero attached hydrogens (tertiary/aromatic N) is 1. The van der Waals surface area contributed by atoms with Gasteiger partial charge in [0.1, 0.15) is 6.61 Å². The Morgan fingerprint density at radius 3 is 2.61 bits per heavy atom. The molecule has 0 fully saturated rings. The number of carbonyl (C=O) groups is 2. The van der Waals surface area contributed by atoms with E-state index in [1.54, 1.807) is 0 Å². The summed E-state index contributed by atoms with van der Waals surface area (Å²) in [7, 11) is 1.22. The van der Waals surface area contributed by atoms with Crippen molar-refractivity contribution in [2.24, 2.45) is 0 Å². The molecule has 124 valence electrons. The third-order valence-electron chi connectivity index (χ3n) is 3.69. The lowest BCUT2D eigenvalue weighted by Gasteiger charge is -2.29. The molecule has 0 saturated carbocycles. The number of aliphatic hydroxyl groups is 1. The van der Waals surface area contributed by atoms with Crippen molar-refractivity contribution in [3.63, 3.8) is 0 Å². The maximum atomic E-state index is 12.5. The molecule has 1 aromatic rings. The predicted molar refractivity (Wildman–Crippen MR) is 83.3 cm³/mol. The maximum absolute atomic E-state index is 12.5. The Kier molecular flexibility index (Phi) is 6.17. The van der Waals surface area contributed by atoms with Crippen molar-refractivity contribution in [2.45, 2.75) is 31.9 Å². The molecule has 0 radical (unpaired) electrons. The minimum Gasteiger partial charge on any atom is -0.467 e. The first-order chi connectivity index (χ1) is 11.2. The Labute approximate surface area is 135 Å². The van der Waals surface area contributed by atoms with Crippen LogP contribution in [0.25, 0.3) is 0 Å². The average molecular weight is 319 g/mol. The molecule has 1 atom stereocenters. The zero-order chi connectivity index (χ0) is 16.7. The summed E-state index contributed by atoms with van der Waals surface area (Å²) in [4.78, 5) is 25.5. The van der Waals surface area contributed by atoms with E-state index in [1.165, 1.54) is 12.0 Å². The smallest absolute Gasteiger partial charge is 0.415 e. The molecule has 6 heteroatoms. The van der Waals surface area contributed by atoms with E-state index in [0.717, 1.165) is 18.4 Å². The molecule has 1 amide bonds. The minimum atomic E-state index is -1.09. The van der Waals surface area contributed by atoms with Crippen LogP contribution in [0, 0.1) is 0 Å². The first-order valence-corrected chi connectivity index (χ1v) is 7.55. The highest BCUT2D eigenvalue weighted by Gasteiger charge is 2.34. The number of esters is 1. The molecule has 0 bridgehead atoms. The number of rotatable bonds is 6. The number of carbonyl (C=O) groups excluding carboxylic acids is 2. The predicted octanol–water partition coefficient (Wildman–Crippen LogP) is 2.23. The Morgan fingerprint density at radius 2 is 2.04 bits per heavy atom. The highest BCUT2D eigenvalue weighted by molar-refractivity contribution is 5.82. The van der Waals surface area contributed by atoms with Crippen molar-refractivity contribution in [3.8, 4) is 0 Å². The van der Waals surface area contributed by atoms with E-state index in [0.29, 0.717) is 12.1 Å². The van der Waals surface area contributed by atoms with Crippen LogP contribution in [0.3, 0.4) is 0 Å². The fourth-order valence-corrected chi connectivity index (χ4v) is 2.50. The lowest BCUT2D eigenvalue weighted by atomic mass is 10.2. The van der Waals surface area contributed by atoms with E-state index in [4.69, 9.17) is 4.74 Å². The number of hydrogen-bond donors (Lipinski definition) is 1. The van der Waals surface area contributed by atoms with Crippen LogP contribution in [0.1, 0.15) is 24.8 Å². The standard InChI is InChI=1S/C17H21NO5/c1-22-16(20)15(11-19)18(14-9-5-6-10-14)17(21)23-12-13-7-3-2-4-8-13/h2-4,7-9,15,19H,5-6,10-12H2,1H3/t15-/m0/s1. The molecule has 1 aromatic carbocycles. The van der Waals surface area contributed by atoms with Crippen LogP contribution in [0.5, 0.6) is 0 Å². The van der Waals surface area contributed by atoms with E-state index in [9.17, 15) is 14.7 Å². The van der Waals surface area contributed by atoms with Crippen LogP contribution < -0.4 is 0 Å². The summed E-state index contributed by atoms with van der Waals surface area (Å²) in [5.74, 6) is -0.669. The van der Waals surface area contributed by atoms with Crippen LogP contribution in [-0.2, 0) is 20.9 Å². The fraction of sp³-hybridized carbons (Fsp3) is 0.412. The number of amides is 1. The number of benzene rings is 1. The molecular weight excluding hydrogens is 298 g/mol. The first kappa shape index (κ1) is 17.0. The molecule has 1 N–H and O–H groups in total. The van der Waals surface area contributed by atoms with E-state index < -0.39 is 24.7 Å². The maximum Gasteiger partial charge on any atom is 0.415 e. The monoisotopic (exact) mass is 319 g/mol. The lowest BCUT2D eigenvalue weighted by Crippen LogP contribution is -2.47. The van der Waals surface area contributed by atoms with Crippen LogP contribution in [0.2, 0.25) is 0 Å². The number of aliphatic hydroxyl groups excluding tert-OH is 1. The molecule has 0 spiro atoms. The van der Waals surface area contributed by atoms with Gasteiger partial charge in [-0.15, -0.1) is 0 Å². The number of ether oxygens (including phenoxy) is 2. The van der Waals surface area contributed by atoms with Gasteiger partial charge in [-0.2, -0.15) is 0 Å². The second kappa shape index (κ2) is 8.33. The van der Waals surface area contributed by atoms with Gasteiger partial charge in [-0.3, -0.25) is 4.90 Å². The zero-order valence-corrected chi connectivity index (χ0v) is 13.1. The summed E-state index contributed by atoms with van der Waals surface area (Å²) in [6.07, 6.45) is 3.61. The molecule has 0 unspecified atom stereocenters. The van der Waals surface area contributed by atoms with E-state index in [1.807, 2.05) is 36.4 Å². The quantitative estimate of drug-likeness (QED) is 0.814. The largest absolute Gasteiger partial charge is 0.467 e. The molecule has 1 aliphatic rings. The Bertz CT molecular complexity index is 570. The second-order valence-electron chi connectivity index (χ2n) is 5.22. The third-order valence-corrected chi connectivity index (χ3v) is 3.69. The molecule has 0 aliphatic heterocycles. The molecule has 0 saturated heterocycles. The molecule has 6 nitrogen and oxygen atoms in total. The van der Waals surface area contributed by atoms with Gasteiger partial charge < -0.3 is 14.6 Å². The van der Waals surface area contributed by atoms with E-state index in [2.05, 4.69) is 4.74 Å². The molecule has 1 aliphatic carbocycles. The lowest BCUT2D eigenvalue weighted by molar-refractivity contribution is -0.147. The molecular formula is C17H21NO5. The number of methoxy groups -OCH3 is 1. The van der Waals surface area contributed by atoms with Crippen LogP contribution >= 0.6 is 0 Å². The van der Waals surface area contributed by atoms with Crippen LogP contribution in [-0.4, -0.2) is 41.8 Å². The van der Waals surface area contributed by atoms with E-state index >= 15 is 0 Å². The van der Waals surface area contributed by atoms with Gasteiger partial charge in [0.25, 0.3) is 0 Å². The summed E-state index contributed by atoms with van der Waals surface area (Å²) in [5.41, 5.74) is 1.53. The van der Waals surface area contributed by atoms with Crippen molar-refractivity contribution in [1.82, 2.24) is 4.90 Å². The van der Waals surface area contributed by atoms with Gasteiger partial charge in [0.05, 0.1) is 13.7 Å². The fourth-order valence-electron chi connectivity index (χ4n) is 2.50. The van der Waals surface area contributed by atoms with E-state index in [-0.39, 0.29) is 6.61 Å². The topological polar surface area (TPSA) is 76.1 Å². The van der Waals surface area contributed by atoms with Crippen molar-refractivity contribution >= 4 is 12.1 Å². The van der Waals surface area contributed by atoms with Gasteiger partial charge in [-0.1, -0.05) is 36.4 Å². The number of hydrogen-bond acceptors (Lipinski definition) is 5. The van der Waals surface area contributed by atoms with Gasteiger partial charge in [0, 0.05) is 5.70 Å². The Morgan fingerprint density at radius 1 is 1.30 bits per heavy atom. The summed E-state index contributed by atoms with van der Waals surface area (Å²) < 4.78 is 9.99. The van der Waals surface area contributed by atoms with Crippen molar-refractivity contribution in [3.05, 3.63) is 47.7 Å². The van der Waals surface area contributed by atoms with Gasteiger partial charge in [0.15, 0.2) is 6.04 Å². The first-order valence-electron chi connectivity index (χ1n) is 7.55. The normalized spacial score (nSPS) is 14.8. The average Bonchev–Trinajstić information content (AvgIpc) is 3.11. The highest BCUT2D eigenvalue weighted by atomic mass is 16.6. The molecule has 2 rings (SSSR count). The van der Waals surface area contributed by atoms with Gasteiger partial charge in [-0.25, -0.2) is 9.59 Å². The Balaban J connectivity index is 2.12. The summed E-state index contributed by atoms with van der Waals surface area (Å²) in [6, 6.07) is 8.18. The molecule has 0 aromatic heterocycles. The highest BCUT2D eigenvalue weighted by Crippen LogP contribution is 2.25. The molecule has 0 heterocycles. The van der Waals surface area contributed by atoms with Gasteiger partial charge in [-0.05, 0) is 24.8 Å². The second-order valence-corrected chi connectivity index (χ2v) is 5.22. The van der Waals surface area contributed by atoms with Crippen molar-refractivity contribution in [1.29, 1.82) is 0 Å². The van der Waals surface area contributed by atoms with Crippen molar-refractivity contribution in [2.75, 3.05) is 13.7 Å². The van der Waals surface area contributed by atoms with Crippen molar-refractivity contribution < 1.29 is 24.2 Å². The summed E-state index contributed by atoms with van der Waals surface area (Å²) in [6.45, 7) is -0.423. The van der Waals surface area contributed by atoms with Crippen LogP contribution in [0.4, 0.5) is 4.79 Å². The molecule has 23 heavy (non-hydrogen) atoms. The summed E-state index contributed by atoms with van der Waals surface area (Å²) in [5, 5.41) is 9.51. The summed E-state index contributed by atoms with van der Waals surface area (Å²) >= 11 is 0. The third kappa shape index (κ3) is 4.32. The van der Waals surface area contributed by atoms with Crippen LogP contribution in [0.15, 0.2) is 42.1 Å². The SMILES string of the molecule is COC(=O)[C@H](CO)N(C(=O)OCc1ccccc1)C1=CCCC1.